The smallest absolute Gasteiger partial charge is 0.0781 e. The molecule has 1 N–H and O–H groups in total. The van der Waals surface area contributed by atoms with E-state index in [9.17, 15) is 5.11 Å². The van der Waals surface area contributed by atoms with Crippen LogP contribution in [0.4, 0.5) is 0 Å². The number of rotatable bonds is 21. The van der Waals surface area contributed by atoms with Gasteiger partial charge in [0.25, 0.3) is 0 Å². The van der Waals surface area contributed by atoms with Crippen LogP contribution in [0.1, 0.15) is 55.4 Å². The van der Waals surface area contributed by atoms with Crippen LogP contribution in [-0.4, -0.2) is 101 Å². The Hall–Kier alpha value is -0.320. The minimum atomic E-state index is -0.470. The van der Waals surface area contributed by atoms with Gasteiger partial charge in [0, 0.05) is 6.61 Å². The molecule has 0 saturated carbocycles. The first kappa shape index (κ1) is 30.7. The molecule has 0 heterocycles. The summed E-state index contributed by atoms with van der Waals surface area (Å²) in [6, 6.07) is 0. The Morgan fingerprint density at radius 2 is 0.710 bits per heavy atom. The first-order valence-corrected chi connectivity index (χ1v) is 11.6. The van der Waals surface area contributed by atoms with Crippen molar-refractivity contribution in [3.8, 4) is 0 Å². The molecular weight excluding hydrogens is 404 g/mol. The molecule has 0 aromatic carbocycles. The third-order valence-electron chi connectivity index (χ3n) is 4.26. The van der Waals surface area contributed by atoms with E-state index in [1.165, 1.54) is 0 Å². The molecule has 7 atom stereocenters. The van der Waals surface area contributed by atoms with Crippen molar-refractivity contribution in [2.45, 2.75) is 98.1 Å². The second-order valence-electron chi connectivity index (χ2n) is 8.37. The second-order valence-corrected chi connectivity index (χ2v) is 8.37. The molecule has 7 unspecified atom stereocenters. The lowest BCUT2D eigenvalue weighted by Crippen LogP contribution is -2.30. The fraction of sp³-hybridized carbons (Fsp3) is 1.00. The number of ether oxygens (including phenoxy) is 7. The molecule has 0 aliphatic carbocycles. The van der Waals surface area contributed by atoms with Crippen molar-refractivity contribution < 1.29 is 38.3 Å². The molecule has 8 heteroatoms. The molecule has 0 spiro atoms. The zero-order valence-corrected chi connectivity index (χ0v) is 21.0. The van der Waals surface area contributed by atoms with Crippen molar-refractivity contribution in [1.82, 2.24) is 0 Å². The lowest BCUT2D eigenvalue weighted by atomic mass is 10.3. The summed E-state index contributed by atoms with van der Waals surface area (Å²) >= 11 is 0. The molecule has 0 saturated heterocycles. The summed E-state index contributed by atoms with van der Waals surface area (Å²) in [6.07, 6.45) is -0.612. The first-order chi connectivity index (χ1) is 14.6. The Morgan fingerprint density at radius 3 is 0.968 bits per heavy atom. The van der Waals surface area contributed by atoms with Crippen molar-refractivity contribution >= 4 is 0 Å². The third-order valence-corrected chi connectivity index (χ3v) is 4.26. The van der Waals surface area contributed by atoms with Gasteiger partial charge in [0.15, 0.2) is 0 Å². The van der Waals surface area contributed by atoms with Crippen molar-refractivity contribution in [2.75, 3.05) is 52.9 Å². The van der Waals surface area contributed by atoms with Gasteiger partial charge in [-0.25, -0.2) is 0 Å². The molecule has 0 fully saturated rings. The average Bonchev–Trinajstić information content (AvgIpc) is 2.73. The summed E-state index contributed by atoms with van der Waals surface area (Å²) in [5, 5.41) is 9.23. The van der Waals surface area contributed by atoms with E-state index in [0.717, 1.165) is 0 Å². The van der Waals surface area contributed by atoms with Gasteiger partial charge >= 0.3 is 0 Å². The zero-order valence-electron chi connectivity index (χ0n) is 21.0. The highest BCUT2D eigenvalue weighted by molar-refractivity contribution is 4.58. The van der Waals surface area contributed by atoms with E-state index in [0.29, 0.717) is 52.9 Å². The highest BCUT2D eigenvalue weighted by Gasteiger charge is 2.13. The fourth-order valence-electron chi connectivity index (χ4n) is 2.37. The van der Waals surface area contributed by atoms with Crippen molar-refractivity contribution in [1.29, 1.82) is 0 Å². The van der Waals surface area contributed by atoms with E-state index in [1.54, 1.807) is 6.92 Å². The maximum absolute atomic E-state index is 9.23. The molecule has 0 aliphatic heterocycles. The van der Waals surface area contributed by atoms with Crippen molar-refractivity contribution in [2.24, 2.45) is 0 Å². The van der Waals surface area contributed by atoms with Gasteiger partial charge in [0.05, 0.1) is 89.0 Å². The Kier molecular flexibility index (Phi) is 19.0. The van der Waals surface area contributed by atoms with Gasteiger partial charge in [-0.1, -0.05) is 0 Å². The van der Waals surface area contributed by atoms with Crippen LogP contribution >= 0.6 is 0 Å². The van der Waals surface area contributed by atoms with E-state index in [1.807, 2.05) is 48.5 Å². The maximum Gasteiger partial charge on any atom is 0.0781 e. The van der Waals surface area contributed by atoms with E-state index in [-0.39, 0.29) is 36.6 Å². The van der Waals surface area contributed by atoms with Gasteiger partial charge in [-0.3, -0.25) is 0 Å². The van der Waals surface area contributed by atoms with Crippen LogP contribution in [0.25, 0.3) is 0 Å². The molecular formula is C23H48O8. The van der Waals surface area contributed by atoms with E-state index in [4.69, 9.17) is 33.2 Å². The topological polar surface area (TPSA) is 84.8 Å². The molecule has 0 radical (unpaired) electrons. The van der Waals surface area contributed by atoms with Crippen LogP contribution in [0.5, 0.6) is 0 Å². The highest BCUT2D eigenvalue weighted by atomic mass is 16.6. The summed E-state index contributed by atoms with van der Waals surface area (Å²) < 4.78 is 39.7. The lowest BCUT2D eigenvalue weighted by Gasteiger charge is -2.22. The lowest BCUT2D eigenvalue weighted by molar-refractivity contribution is -0.106. The molecule has 31 heavy (non-hydrogen) atoms. The summed E-state index contributed by atoms with van der Waals surface area (Å²) in [5.74, 6) is 0. The maximum atomic E-state index is 9.23. The standard InChI is InChI=1S/C23H48O8/c1-9-25-11-18(3)27-13-20(5)29-15-22(7)31-16-23(8)30-14-21(6)28-12-19(4)26-10-17(2)24/h17-24H,9-16H2,1-8H3. The SMILES string of the molecule is CCOCC(C)OCC(C)OCC(C)OCC(C)OCC(C)OCC(C)OCC(C)O. The fourth-order valence-corrected chi connectivity index (χ4v) is 2.37. The molecule has 0 aromatic heterocycles. The summed E-state index contributed by atoms with van der Waals surface area (Å²) in [7, 11) is 0. The molecule has 0 aliphatic rings. The van der Waals surface area contributed by atoms with Crippen LogP contribution < -0.4 is 0 Å². The number of hydrogen-bond acceptors (Lipinski definition) is 8. The van der Waals surface area contributed by atoms with Crippen LogP contribution in [0.3, 0.4) is 0 Å². The Bertz CT molecular complexity index is 396. The minimum Gasteiger partial charge on any atom is -0.391 e. The van der Waals surface area contributed by atoms with Gasteiger partial charge in [0.1, 0.15) is 0 Å². The summed E-state index contributed by atoms with van der Waals surface area (Å²) in [5.41, 5.74) is 0. The number of hydrogen-bond donors (Lipinski definition) is 1. The van der Waals surface area contributed by atoms with E-state index < -0.39 is 6.10 Å². The largest absolute Gasteiger partial charge is 0.391 e. The monoisotopic (exact) mass is 452 g/mol. The molecule has 0 aromatic rings. The van der Waals surface area contributed by atoms with Crippen LogP contribution in [0, 0.1) is 0 Å². The molecule has 8 nitrogen and oxygen atoms in total. The van der Waals surface area contributed by atoms with E-state index in [2.05, 4.69) is 0 Å². The van der Waals surface area contributed by atoms with Crippen LogP contribution in [-0.2, 0) is 33.2 Å². The molecule has 0 amide bonds. The summed E-state index contributed by atoms with van der Waals surface area (Å²) in [6.45, 7) is 19.6. The van der Waals surface area contributed by atoms with Crippen molar-refractivity contribution in [3.05, 3.63) is 0 Å². The van der Waals surface area contributed by atoms with Gasteiger partial charge in [-0.05, 0) is 55.4 Å². The van der Waals surface area contributed by atoms with Gasteiger partial charge in [-0.2, -0.15) is 0 Å². The van der Waals surface area contributed by atoms with Crippen molar-refractivity contribution in [3.63, 3.8) is 0 Å². The normalized spacial score (nSPS) is 18.9. The zero-order chi connectivity index (χ0) is 23.6. The molecule has 188 valence electrons. The van der Waals surface area contributed by atoms with Gasteiger partial charge in [0.2, 0.25) is 0 Å². The Balaban J connectivity index is 3.78. The van der Waals surface area contributed by atoms with Crippen LogP contribution in [0.2, 0.25) is 0 Å². The quantitative estimate of drug-likeness (QED) is 0.285. The Labute approximate surface area is 189 Å². The first-order valence-electron chi connectivity index (χ1n) is 11.6. The van der Waals surface area contributed by atoms with Gasteiger partial charge in [-0.15, -0.1) is 0 Å². The van der Waals surface area contributed by atoms with E-state index >= 15 is 0 Å². The molecule has 0 rings (SSSR count). The predicted octanol–water partition coefficient (Wildman–Crippen LogP) is 2.83. The average molecular weight is 453 g/mol. The van der Waals surface area contributed by atoms with Crippen LogP contribution in [0.15, 0.2) is 0 Å². The molecule has 0 bridgehead atoms. The van der Waals surface area contributed by atoms with Gasteiger partial charge < -0.3 is 38.3 Å². The second kappa shape index (κ2) is 19.2. The number of aliphatic hydroxyl groups excluding tert-OH is 1. The summed E-state index contributed by atoms with van der Waals surface area (Å²) in [4.78, 5) is 0. The Morgan fingerprint density at radius 1 is 0.452 bits per heavy atom. The third kappa shape index (κ3) is 20.0. The number of aliphatic hydroxyl groups is 1. The predicted molar refractivity (Wildman–Crippen MR) is 121 cm³/mol. The highest BCUT2D eigenvalue weighted by Crippen LogP contribution is 2.04. The minimum absolute atomic E-state index is 0.00578.